The maximum atomic E-state index is 14.0. The number of carbonyl (C=O) groups is 2. The molecule has 0 radical (unpaired) electrons. The first kappa shape index (κ1) is 18.2. The van der Waals surface area contributed by atoms with Gasteiger partial charge in [-0.3, -0.25) is 4.90 Å². The maximum absolute atomic E-state index is 14.0. The number of hydrogen-bond donors (Lipinski definition) is 1. The fourth-order valence-electron chi connectivity index (χ4n) is 1.90. The van der Waals surface area contributed by atoms with E-state index in [2.05, 4.69) is 0 Å². The van der Waals surface area contributed by atoms with E-state index < -0.39 is 29.5 Å². The Kier molecular flexibility index (Phi) is 5.77. The molecule has 0 heterocycles. The van der Waals surface area contributed by atoms with Gasteiger partial charge < -0.3 is 9.84 Å². The molecule has 1 amide bonds. The number of rotatable bonds is 4. The number of hydrogen-bond acceptors (Lipinski definition) is 3. The molecule has 0 aliphatic carbocycles. The van der Waals surface area contributed by atoms with Crippen LogP contribution < -0.4 is 0 Å². The molecule has 0 bridgehead atoms. The molecule has 0 saturated carbocycles. The van der Waals surface area contributed by atoms with Crippen LogP contribution in [0.15, 0.2) is 18.2 Å². The standard InChI is InChI=1S/C15H19ClFNO4/c1-5-18(14(21)22-15(2,3)4)12(13(19)20)10-7-6-9(16)8-11(10)17/h6-8,12H,5H2,1-4H3,(H,19,20). The molecule has 1 unspecified atom stereocenters. The molecule has 0 aliphatic rings. The first-order chi connectivity index (χ1) is 10.1. The number of carbonyl (C=O) groups excluding carboxylic acids is 1. The zero-order valence-electron chi connectivity index (χ0n) is 12.9. The number of likely N-dealkylation sites (N-methyl/N-ethyl adjacent to an activating group) is 1. The molecule has 5 nitrogen and oxygen atoms in total. The molecule has 1 atom stereocenters. The summed E-state index contributed by atoms with van der Waals surface area (Å²) in [6, 6.07) is 2.15. The number of nitrogens with zero attached hydrogens (tertiary/aromatic N) is 1. The Morgan fingerprint density at radius 1 is 1.41 bits per heavy atom. The molecule has 1 aromatic carbocycles. The van der Waals surface area contributed by atoms with E-state index >= 15 is 0 Å². The van der Waals surface area contributed by atoms with E-state index in [1.807, 2.05) is 0 Å². The summed E-state index contributed by atoms with van der Waals surface area (Å²) in [5.41, 5.74) is -0.934. The van der Waals surface area contributed by atoms with Crippen molar-refractivity contribution in [1.29, 1.82) is 0 Å². The van der Waals surface area contributed by atoms with Gasteiger partial charge in [0, 0.05) is 17.1 Å². The van der Waals surface area contributed by atoms with Crippen LogP contribution in [0.5, 0.6) is 0 Å². The van der Waals surface area contributed by atoms with Crippen molar-refractivity contribution >= 4 is 23.7 Å². The third-order valence-corrected chi connectivity index (χ3v) is 3.01. The lowest BCUT2D eigenvalue weighted by atomic mass is 10.0. The van der Waals surface area contributed by atoms with Crippen molar-refractivity contribution in [3.05, 3.63) is 34.6 Å². The summed E-state index contributed by atoms with van der Waals surface area (Å²) in [5.74, 6) is -2.14. The summed E-state index contributed by atoms with van der Waals surface area (Å²) in [6.07, 6.45) is -0.822. The Labute approximate surface area is 133 Å². The van der Waals surface area contributed by atoms with Gasteiger partial charge in [-0.2, -0.15) is 0 Å². The van der Waals surface area contributed by atoms with Gasteiger partial charge in [0.25, 0.3) is 0 Å². The smallest absolute Gasteiger partial charge is 0.411 e. The van der Waals surface area contributed by atoms with Gasteiger partial charge >= 0.3 is 12.1 Å². The molecule has 0 saturated heterocycles. The van der Waals surface area contributed by atoms with E-state index in [0.29, 0.717) is 0 Å². The van der Waals surface area contributed by atoms with E-state index in [1.54, 1.807) is 27.7 Å². The van der Waals surface area contributed by atoms with Crippen LogP contribution in [-0.4, -0.2) is 34.2 Å². The van der Waals surface area contributed by atoms with Crippen LogP contribution in [0.2, 0.25) is 5.02 Å². The van der Waals surface area contributed by atoms with Gasteiger partial charge in [-0.1, -0.05) is 17.7 Å². The van der Waals surface area contributed by atoms with Crippen molar-refractivity contribution in [2.75, 3.05) is 6.54 Å². The van der Waals surface area contributed by atoms with Gasteiger partial charge in [-0.15, -0.1) is 0 Å². The molecule has 7 heteroatoms. The summed E-state index contributed by atoms with van der Waals surface area (Å²) < 4.78 is 19.2. The minimum atomic E-state index is -1.49. The molecule has 1 N–H and O–H groups in total. The number of amides is 1. The Morgan fingerprint density at radius 2 is 2.00 bits per heavy atom. The monoisotopic (exact) mass is 331 g/mol. The van der Waals surface area contributed by atoms with Gasteiger partial charge in [0.05, 0.1) is 0 Å². The molecule has 0 fully saturated rings. The number of carboxylic acids is 1. The lowest BCUT2D eigenvalue weighted by Gasteiger charge is -2.31. The van der Waals surface area contributed by atoms with Gasteiger partial charge in [-0.05, 0) is 39.8 Å². The number of carboxylic acid groups (broad SMARTS) is 1. The van der Waals surface area contributed by atoms with E-state index in [1.165, 1.54) is 12.1 Å². The number of halogens is 2. The second-order valence-electron chi connectivity index (χ2n) is 5.67. The molecule has 0 spiro atoms. The van der Waals surface area contributed by atoms with Crippen molar-refractivity contribution < 1.29 is 23.8 Å². The van der Waals surface area contributed by atoms with Gasteiger partial charge in [0.2, 0.25) is 0 Å². The predicted octanol–water partition coefficient (Wildman–Crippen LogP) is 3.86. The highest BCUT2D eigenvalue weighted by Gasteiger charge is 2.34. The van der Waals surface area contributed by atoms with Gasteiger partial charge in [0.15, 0.2) is 6.04 Å². The van der Waals surface area contributed by atoms with E-state index in [4.69, 9.17) is 16.3 Å². The first-order valence-corrected chi connectivity index (χ1v) is 7.12. The second-order valence-corrected chi connectivity index (χ2v) is 6.11. The Bertz CT molecular complexity index is 571. The third kappa shape index (κ3) is 4.59. The van der Waals surface area contributed by atoms with E-state index in [-0.39, 0.29) is 17.1 Å². The zero-order valence-corrected chi connectivity index (χ0v) is 13.6. The van der Waals surface area contributed by atoms with Crippen LogP contribution in [0.4, 0.5) is 9.18 Å². The van der Waals surface area contributed by atoms with Crippen LogP contribution in [-0.2, 0) is 9.53 Å². The fourth-order valence-corrected chi connectivity index (χ4v) is 2.05. The second kappa shape index (κ2) is 6.96. The SMILES string of the molecule is CCN(C(=O)OC(C)(C)C)C(C(=O)O)c1ccc(Cl)cc1F. The van der Waals surface area contributed by atoms with Crippen LogP contribution >= 0.6 is 11.6 Å². The molecule has 122 valence electrons. The van der Waals surface area contributed by atoms with Crippen LogP contribution in [0.1, 0.15) is 39.3 Å². The largest absolute Gasteiger partial charge is 0.479 e. The molecule has 0 aliphatic heterocycles. The highest BCUT2D eigenvalue weighted by Crippen LogP contribution is 2.27. The molecule has 1 aromatic rings. The van der Waals surface area contributed by atoms with Crippen LogP contribution in [0.3, 0.4) is 0 Å². The van der Waals surface area contributed by atoms with E-state index in [0.717, 1.165) is 11.0 Å². The van der Waals surface area contributed by atoms with Gasteiger partial charge in [0.1, 0.15) is 11.4 Å². The summed E-state index contributed by atoms with van der Waals surface area (Å²) in [7, 11) is 0. The molecule has 0 aromatic heterocycles. The quantitative estimate of drug-likeness (QED) is 0.909. The highest BCUT2D eigenvalue weighted by molar-refractivity contribution is 6.30. The lowest BCUT2D eigenvalue weighted by Crippen LogP contribution is -2.42. The summed E-state index contributed by atoms with van der Waals surface area (Å²) in [6.45, 7) is 6.63. The molecule has 22 heavy (non-hydrogen) atoms. The molecular formula is C15H19ClFNO4. The first-order valence-electron chi connectivity index (χ1n) is 6.74. The number of benzene rings is 1. The third-order valence-electron chi connectivity index (χ3n) is 2.77. The Balaban J connectivity index is 3.22. The average molecular weight is 332 g/mol. The van der Waals surface area contributed by atoms with Crippen molar-refractivity contribution in [2.45, 2.75) is 39.3 Å². The highest BCUT2D eigenvalue weighted by atomic mass is 35.5. The van der Waals surface area contributed by atoms with Crippen molar-refractivity contribution in [3.8, 4) is 0 Å². The number of ether oxygens (including phenoxy) is 1. The zero-order chi connectivity index (χ0) is 17.1. The predicted molar refractivity (Wildman–Crippen MR) is 80.4 cm³/mol. The molecule has 1 rings (SSSR count). The summed E-state index contributed by atoms with van der Waals surface area (Å²) in [5, 5.41) is 9.56. The Hall–Kier alpha value is -1.82. The van der Waals surface area contributed by atoms with Crippen molar-refractivity contribution in [1.82, 2.24) is 4.90 Å². The minimum absolute atomic E-state index is 0.0496. The number of aliphatic carboxylic acids is 1. The minimum Gasteiger partial charge on any atom is -0.479 e. The van der Waals surface area contributed by atoms with Crippen LogP contribution in [0, 0.1) is 5.82 Å². The molecular weight excluding hydrogens is 313 g/mol. The summed E-state index contributed by atoms with van der Waals surface area (Å²) >= 11 is 5.67. The van der Waals surface area contributed by atoms with Crippen LogP contribution in [0.25, 0.3) is 0 Å². The fraction of sp³-hybridized carbons (Fsp3) is 0.467. The normalized spacial score (nSPS) is 12.6. The van der Waals surface area contributed by atoms with Crippen molar-refractivity contribution in [3.63, 3.8) is 0 Å². The average Bonchev–Trinajstić information content (AvgIpc) is 2.34. The van der Waals surface area contributed by atoms with E-state index in [9.17, 15) is 19.1 Å². The topological polar surface area (TPSA) is 66.8 Å². The Morgan fingerprint density at radius 3 is 2.41 bits per heavy atom. The van der Waals surface area contributed by atoms with Gasteiger partial charge in [-0.25, -0.2) is 14.0 Å². The van der Waals surface area contributed by atoms with Crippen molar-refractivity contribution in [2.24, 2.45) is 0 Å². The summed E-state index contributed by atoms with van der Waals surface area (Å²) in [4.78, 5) is 24.7. The maximum Gasteiger partial charge on any atom is 0.411 e. The lowest BCUT2D eigenvalue weighted by molar-refractivity contribution is -0.143.